The molecule has 28 heavy (non-hydrogen) atoms. The normalized spacial score (nSPS) is 12.0. The van der Waals surface area contributed by atoms with E-state index in [1.807, 2.05) is 30.3 Å². The maximum atomic E-state index is 12.7. The predicted molar refractivity (Wildman–Crippen MR) is 105 cm³/mol. The Morgan fingerprint density at radius 3 is 2.46 bits per heavy atom. The van der Waals surface area contributed by atoms with Gasteiger partial charge in [-0.25, -0.2) is 14.6 Å². The zero-order valence-electron chi connectivity index (χ0n) is 16.1. The smallest absolute Gasteiger partial charge is 0.408 e. The SMILES string of the molecule is COC(=O)c1csc(NC(=O)C(Cc2ccccc2)NC(=O)OC(C)(C)C)n1. The molecule has 0 aliphatic carbocycles. The second-order valence-electron chi connectivity index (χ2n) is 6.91. The Morgan fingerprint density at radius 1 is 1.18 bits per heavy atom. The summed E-state index contributed by atoms with van der Waals surface area (Å²) in [5.41, 5.74) is 0.276. The standard InChI is InChI=1S/C19H23N3O5S/c1-19(2,3)27-18(25)21-13(10-12-8-6-5-7-9-12)15(23)22-17-20-14(11-28-17)16(24)26-4/h5-9,11,13H,10H2,1-4H3,(H,21,25)(H,20,22,23). The summed E-state index contributed by atoms with van der Waals surface area (Å²) >= 11 is 1.09. The highest BCUT2D eigenvalue weighted by atomic mass is 32.1. The summed E-state index contributed by atoms with van der Waals surface area (Å²) in [6, 6.07) is 8.39. The first-order chi connectivity index (χ1) is 13.2. The molecule has 0 fully saturated rings. The average Bonchev–Trinajstić information content (AvgIpc) is 3.08. The Kier molecular flexibility index (Phi) is 7.11. The quantitative estimate of drug-likeness (QED) is 0.716. The molecule has 9 heteroatoms. The van der Waals surface area contributed by atoms with Crippen molar-refractivity contribution < 1.29 is 23.9 Å². The summed E-state index contributed by atoms with van der Waals surface area (Å²) in [7, 11) is 1.25. The zero-order chi connectivity index (χ0) is 20.7. The Hall–Kier alpha value is -2.94. The third-order valence-corrected chi connectivity index (χ3v) is 4.18. The van der Waals surface area contributed by atoms with Gasteiger partial charge in [-0.3, -0.25) is 4.79 Å². The van der Waals surface area contributed by atoms with Crippen LogP contribution in [0.25, 0.3) is 0 Å². The van der Waals surface area contributed by atoms with E-state index in [9.17, 15) is 14.4 Å². The second-order valence-corrected chi connectivity index (χ2v) is 7.77. The number of benzene rings is 1. The van der Waals surface area contributed by atoms with Gasteiger partial charge in [0, 0.05) is 11.8 Å². The van der Waals surface area contributed by atoms with Crippen molar-refractivity contribution in [3.63, 3.8) is 0 Å². The van der Waals surface area contributed by atoms with Gasteiger partial charge in [0.15, 0.2) is 10.8 Å². The summed E-state index contributed by atoms with van der Waals surface area (Å²) in [5, 5.41) is 6.93. The van der Waals surface area contributed by atoms with Gasteiger partial charge in [-0.05, 0) is 26.3 Å². The first-order valence-corrected chi connectivity index (χ1v) is 9.44. The third kappa shape index (κ3) is 6.66. The van der Waals surface area contributed by atoms with Gasteiger partial charge < -0.3 is 20.1 Å². The van der Waals surface area contributed by atoms with Crippen LogP contribution in [0.2, 0.25) is 0 Å². The summed E-state index contributed by atoms with van der Waals surface area (Å²) < 4.78 is 9.85. The number of nitrogens with zero attached hydrogens (tertiary/aromatic N) is 1. The van der Waals surface area contributed by atoms with E-state index in [2.05, 4.69) is 20.4 Å². The molecule has 2 aromatic rings. The van der Waals surface area contributed by atoms with Crippen molar-refractivity contribution >= 4 is 34.4 Å². The van der Waals surface area contributed by atoms with Crippen molar-refractivity contribution in [2.24, 2.45) is 0 Å². The molecule has 0 aliphatic rings. The van der Waals surface area contributed by atoms with E-state index in [0.717, 1.165) is 16.9 Å². The van der Waals surface area contributed by atoms with Crippen molar-refractivity contribution in [1.29, 1.82) is 0 Å². The lowest BCUT2D eigenvalue weighted by atomic mass is 10.1. The number of aromatic nitrogens is 1. The fourth-order valence-corrected chi connectivity index (χ4v) is 2.91. The molecule has 1 aromatic carbocycles. The molecule has 1 atom stereocenters. The molecule has 8 nitrogen and oxygen atoms in total. The van der Waals surface area contributed by atoms with Crippen LogP contribution in [0.3, 0.4) is 0 Å². The minimum absolute atomic E-state index is 0.0995. The average molecular weight is 405 g/mol. The highest BCUT2D eigenvalue weighted by Gasteiger charge is 2.25. The summed E-state index contributed by atoms with van der Waals surface area (Å²) in [6.07, 6.45) is -0.431. The largest absolute Gasteiger partial charge is 0.464 e. The van der Waals surface area contributed by atoms with E-state index in [4.69, 9.17) is 4.74 Å². The number of esters is 1. The number of thiazole rings is 1. The van der Waals surface area contributed by atoms with Crippen molar-refractivity contribution in [3.8, 4) is 0 Å². The molecule has 150 valence electrons. The monoisotopic (exact) mass is 405 g/mol. The van der Waals surface area contributed by atoms with Gasteiger partial charge in [0.25, 0.3) is 0 Å². The van der Waals surface area contributed by atoms with Crippen LogP contribution in [0.1, 0.15) is 36.8 Å². The van der Waals surface area contributed by atoms with Gasteiger partial charge in [0.05, 0.1) is 7.11 Å². The Balaban J connectivity index is 2.12. The highest BCUT2D eigenvalue weighted by molar-refractivity contribution is 7.14. The van der Waals surface area contributed by atoms with Crippen molar-refractivity contribution in [3.05, 3.63) is 47.0 Å². The molecule has 0 saturated heterocycles. The van der Waals surface area contributed by atoms with E-state index < -0.39 is 29.6 Å². The molecule has 0 radical (unpaired) electrons. The van der Waals surface area contributed by atoms with Crippen LogP contribution in [0.5, 0.6) is 0 Å². The first-order valence-electron chi connectivity index (χ1n) is 8.56. The Bertz CT molecular complexity index is 830. The molecule has 0 bridgehead atoms. The van der Waals surface area contributed by atoms with E-state index in [-0.39, 0.29) is 17.2 Å². The number of alkyl carbamates (subject to hydrolysis) is 1. The summed E-state index contributed by atoms with van der Waals surface area (Å²) in [4.78, 5) is 40.4. The number of carbonyl (C=O) groups excluding carboxylic acids is 3. The minimum Gasteiger partial charge on any atom is -0.464 e. The molecular formula is C19H23N3O5S. The maximum absolute atomic E-state index is 12.7. The Labute approximate surface area is 167 Å². The van der Waals surface area contributed by atoms with Gasteiger partial charge in [-0.1, -0.05) is 30.3 Å². The molecule has 0 aliphatic heterocycles. The molecule has 1 unspecified atom stereocenters. The van der Waals surface area contributed by atoms with Gasteiger partial charge in [0.1, 0.15) is 11.6 Å². The lowest BCUT2D eigenvalue weighted by Crippen LogP contribution is -2.47. The van der Waals surface area contributed by atoms with Crippen LogP contribution >= 0.6 is 11.3 Å². The topological polar surface area (TPSA) is 107 Å². The molecule has 2 rings (SSSR count). The van der Waals surface area contributed by atoms with Gasteiger partial charge in [-0.15, -0.1) is 11.3 Å². The van der Waals surface area contributed by atoms with Gasteiger partial charge in [0.2, 0.25) is 5.91 Å². The maximum Gasteiger partial charge on any atom is 0.408 e. The number of hydrogen-bond acceptors (Lipinski definition) is 7. The number of hydrogen-bond donors (Lipinski definition) is 2. The van der Waals surface area contributed by atoms with Crippen molar-refractivity contribution in [2.75, 3.05) is 12.4 Å². The van der Waals surface area contributed by atoms with Crippen LogP contribution in [0.15, 0.2) is 35.7 Å². The predicted octanol–water partition coefficient (Wildman–Crippen LogP) is 3.00. The molecule has 1 heterocycles. The number of nitrogens with one attached hydrogen (secondary N) is 2. The summed E-state index contributed by atoms with van der Waals surface area (Å²) in [6.45, 7) is 5.22. The molecule has 0 saturated carbocycles. The fourth-order valence-electron chi connectivity index (χ4n) is 2.23. The van der Waals surface area contributed by atoms with E-state index in [1.165, 1.54) is 12.5 Å². The Morgan fingerprint density at radius 2 is 1.86 bits per heavy atom. The number of amides is 2. The van der Waals surface area contributed by atoms with Crippen molar-refractivity contribution in [2.45, 2.75) is 38.8 Å². The van der Waals surface area contributed by atoms with Crippen LogP contribution in [-0.2, 0) is 20.7 Å². The fraction of sp³-hybridized carbons (Fsp3) is 0.368. The van der Waals surface area contributed by atoms with E-state index in [0.29, 0.717) is 0 Å². The number of rotatable bonds is 6. The van der Waals surface area contributed by atoms with Crippen LogP contribution in [0, 0.1) is 0 Å². The number of anilines is 1. The number of methoxy groups -OCH3 is 1. The van der Waals surface area contributed by atoms with Crippen LogP contribution < -0.4 is 10.6 Å². The second kappa shape index (κ2) is 9.32. The van der Waals surface area contributed by atoms with E-state index >= 15 is 0 Å². The summed E-state index contributed by atoms with van der Waals surface area (Å²) in [5.74, 6) is -1.06. The zero-order valence-corrected chi connectivity index (χ0v) is 17.0. The third-order valence-electron chi connectivity index (χ3n) is 3.42. The lowest BCUT2D eigenvalue weighted by molar-refractivity contribution is -0.118. The lowest BCUT2D eigenvalue weighted by Gasteiger charge is -2.23. The molecule has 0 spiro atoms. The molecule has 2 amide bonds. The number of carbonyl (C=O) groups is 3. The van der Waals surface area contributed by atoms with Crippen molar-refractivity contribution in [1.82, 2.24) is 10.3 Å². The molecule has 2 N–H and O–H groups in total. The van der Waals surface area contributed by atoms with Gasteiger partial charge in [-0.2, -0.15) is 0 Å². The van der Waals surface area contributed by atoms with E-state index in [1.54, 1.807) is 20.8 Å². The van der Waals surface area contributed by atoms with Crippen LogP contribution in [-0.4, -0.2) is 41.7 Å². The number of ether oxygens (including phenoxy) is 2. The molecule has 1 aromatic heterocycles. The molecular weight excluding hydrogens is 382 g/mol. The first kappa shape index (κ1) is 21.4. The minimum atomic E-state index is -0.886. The van der Waals surface area contributed by atoms with Gasteiger partial charge >= 0.3 is 12.1 Å². The highest BCUT2D eigenvalue weighted by Crippen LogP contribution is 2.17. The van der Waals surface area contributed by atoms with Crippen LogP contribution in [0.4, 0.5) is 9.93 Å².